The van der Waals surface area contributed by atoms with Crippen molar-refractivity contribution >= 4 is 45.8 Å². The van der Waals surface area contributed by atoms with Crippen LogP contribution in [-0.2, 0) is 14.3 Å². The molecule has 7 nitrogen and oxygen atoms in total. The van der Waals surface area contributed by atoms with E-state index in [0.29, 0.717) is 21.3 Å². The summed E-state index contributed by atoms with van der Waals surface area (Å²) in [7, 11) is 1.44. The quantitative estimate of drug-likeness (QED) is 0.460. The number of thiophene rings is 1. The lowest BCUT2D eigenvalue weighted by atomic mass is 10.0. The first-order chi connectivity index (χ1) is 15.4. The Morgan fingerprint density at radius 2 is 1.72 bits per heavy atom. The topological polar surface area (TPSA) is 90.9 Å². The van der Waals surface area contributed by atoms with Crippen molar-refractivity contribution in [2.24, 2.45) is 0 Å². The highest BCUT2D eigenvalue weighted by molar-refractivity contribution is 7.15. The number of amides is 1. The number of halogens is 1. The lowest BCUT2D eigenvalue weighted by Crippen LogP contribution is -2.22. The molecule has 1 heterocycles. The summed E-state index contributed by atoms with van der Waals surface area (Å²) in [5.41, 5.74) is 1.78. The van der Waals surface area contributed by atoms with E-state index in [9.17, 15) is 14.4 Å². The molecule has 9 heteroatoms. The molecule has 1 amide bonds. The van der Waals surface area contributed by atoms with Crippen LogP contribution in [0.25, 0.3) is 11.1 Å². The molecule has 0 aliphatic heterocycles. The fraction of sp³-hybridized carbons (Fsp3) is 0.174. The predicted molar refractivity (Wildman–Crippen MR) is 123 cm³/mol. The number of esters is 2. The molecule has 0 aliphatic carbocycles. The maximum atomic E-state index is 12.6. The highest BCUT2D eigenvalue weighted by Crippen LogP contribution is 2.36. The second kappa shape index (κ2) is 10.8. The molecule has 0 spiro atoms. The summed E-state index contributed by atoms with van der Waals surface area (Å²) in [5.74, 6) is -1.52. The molecular formula is C23H20ClNO6S. The van der Waals surface area contributed by atoms with E-state index in [1.807, 2.05) is 0 Å². The molecule has 0 radical (unpaired) electrons. The van der Waals surface area contributed by atoms with Crippen LogP contribution in [0.1, 0.15) is 27.6 Å². The zero-order valence-corrected chi connectivity index (χ0v) is 18.9. The number of carbonyl (C=O) groups is 3. The van der Waals surface area contributed by atoms with Crippen LogP contribution in [0, 0.1) is 0 Å². The number of carbonyl (C=O) groups excluding carboxylic acids is 3. The third-order valence-electron chi connectivity index (χ3n) is 4.34. The highest BCUT2D eigenvalue weighted by atomic mass is 35.5. The largest absolute Gasteiger partial charge is 0.496 e. The van der Waals surface area contributed by atoms with Gasteiger partial charge in [-0.15, -0.1) is 11.3 Å². The van der Waals surface area contributed by atoms with Crippen LogP contribution in [0.15, 0.2) is 53.9 Å². The van der Waals surface area contributed by atoms with Crippen molar-refractivity contribution in [2.45, 2.75) is 6.92 Å². The van der Waals surface area contributed by atoms with Gasteiger partial charge in [-0.3, -0.25) is 4.79 Å². The number of nitrogens with one attached hydrogen (secondary N) is 1. The first kappa shape index (κ1) is 23.3. The number of rotatable bonds is 8. The van der Waals surface area contributed by atoms with E-state index in [1.165, 1.54) is 24.5 Å². The first-order valence-corrected chi connectivity index (χ1v) is 10.8. The van der Waals surface area contributed by atoms with Gasteiger partial charge in [0.2, 0.25) is 0 Å². The Bertz CT molecular complexity index is 1130. The summed E-state index contributed by atoms with van der Waals surface area (Å²) in [6.45, 7) is 1.34. The normalized spacial score (nSPS) is 10.3. The molecule has 0 aliphatic rings. The van der Waals surface area contributed by atoms with Crippen LogP contribution >= 0.6 is 22.9 Å². The van der Waals surface area contributed by atoms with E-state index in [0.717, 1.165) is 5.56 Å². The van der Waals surface area contributed by atoms with Gasteiger partial charge in [0, 0.05) is 16.0 Å². The molecule has 0 saturated carbocycles. The van der Waals surface area contributed by atoms with Gasteiger partial charge < -0.3 is 19.5 Å². The maximum absolute atomic E-state index is 12.6. The van der Waals surface area contributed by atoms with Crippen molar-refractivity contribution in [1.29, 1.82) is 0 Å². The van der Waals surface area contributed by atoms with Gasteiger partial charge in [0.1, 0.15) is 21.9 Å². The lowest BCUT2D eigenvalue weighted by Gasteiger charge is -2.10. The Hall–Kier alpha value is -3.36. The highest BCUT2D eigenvalue weighted by Gasteiger charge is 2.23. The summed E-state index contributed by atoms with van der Waals surface area (Å²) < 4.78 is 15.4. The number of para-hydroxylation sites is 1. The number of anilines is 1. The van der Waals surface area contributed by atoms with E-state index in [1.54, 1.807) is 54.8 Å². The van der Waals surface area contributed by atoms with Crippen LogP contribution in [0.4, 0.5) is 5.00 Å². The molecular weight excluding hydrogens is 454 g/mol. The zero-order valence-electron chi connectivity index (χ0n) is 17.3. The van der Waals surface area contributed by atoms with Gasteiger partial charge in [-0.1, -0.05) is 35.9 Å². The number of hydrogen-bond acceptors (Lipinski definition) is 7. The minimum absolute atomic E-state index is 0.179. The van der Waals surface area contributed by atoms with Crippen molar-refractivity contribution in [2.75, 3.05) is 25.6 Å². The van der Waals surface area contributed by atoms with Crippen molar-refractivity contribution in [1.82, 2.24) is 0 Å². The third kappa shape index (κ3) is 5.46. The summed E-state index contributed by atoms with van der Waals surface area (Å²) in [6.07, 6.45) is 0. The molecule has 0 fully saturated rings. The van der Waals surface area contributed by atoms with Crippen molar-refractivity contribution in [3.63, 3.8) is 0 Å². The number of ether oxygens (including phenoxy) is 3. The second-order valence-electron chi connectivity index (χ2n) is 6.41. The second-order valence-corrected chi connectivity index (χ2v) is 7.72. The molecule has 1 N–H and O–H groups in total. The Kier molecular flexibility index (Phi) is 7.86. The van der Waals surface area contributed by atoms with Crippen LogP contribution in [0.2, 0.25) is 5.02 Å². The average Bonchev–Trinajstić information content (AvgIpc) is 3.21. The number of methoxy groups -OCH3 is 1. The van der Waals surface area contributed by atoms with Crippen LogP contribution in [0.3, 0.4) is 0 Å². The van der Waals surface area contributed by atoms with Gasteiger partial charge >= 0.3 is 11.9 Å². The summed E-state index contributed by atoms with van der Waals surface area (Å²) >= 11 is 7.12. The third-order valence-corrected chi connectivity index (χ3v) is 5.49. The standard InChI is InChI=1S/C23H20ClNO6S/c1-3-30-23(28)20-17(14-8-10-15(24)11-9-14)13-32-21(20)25-19(26)12-31-22(27)16-6-4-5-7-18(16)29-2/h4-11,13H,3,12H2,1-2H3,(H,25,26). The van der Waals surface area contributed by atoms with E-state index < -0.39 is 24.5 Å². The van der Waals surface area contributed by atoms with Crippen LogP contribution in [0.5, 0.6) is 5.75 Å². The Morgan fingerprint density at radius 1 is 1.00 bits per heavy atom. The Labute approximate surface area is 193 Å². The van der Waals surface area contributed by atoms with Gasteiger partial charge in [-0.25, -0.2) is 9.59 Å². The van der Waals surface area contributed by atoms with E-state index in [2.05, 4.69) is 5.32 Å². The fourth-order valence-corrected chi connectivity index (χ4v) is 3.98. The molecule has 166 valence electrons. The molecule has 0 atom stereocenters. The molecule has 1 aromatic heterocycles. The van der Waals surface area contributed by atoms with Crippen molar-refractivity contribution in [3.8, 4) is 16.9 Å². The Morgan fingerprint density at radius 3 is 2.41 bits per heavy atom. The van der Waals surface area contributed by atoms with Gasteiger partial charge in [0.25, 0.3) is 5.91 Å². The van der Waals surface area contributed by atoms with E-state index in [-0.39, 0.29) is 17.7 Å². The summed E-state index contributed by atoms with van der Waals surface area (Å²) in [6, 6.07) is 13.5. The summed E-state index contributed by atoms with van der Waals surface area (Å²) in [4.78, 5) is 37.3. The Balaban J connectivity index is 1.76. The summed E-state index contributed by atoms with van der Waals surface area (Å²) in [5, 5.41) is 5.23. The van der Waals surface area contributed by atoms with Crippen molar-refractivity contribution in [3.05, 3.63) is 70.1 Å². The number of hydrogen-bond donors (Lipinski definition) is 1. The van der Waals surface area contributed by atoms with Crippen molar-refractivity contribution < 1.29 is 28.6 Å². The van der Waals surface area contributed by atoms with Gasteiger partial charge in [-0.05, 0) is 36.8 Å². The predicted octanol–water partition coefficient (Wildman–Crippen LogP) is 5.05. The van der Waals surface area contributed by atoms with E-state index in [4.69, 9.17) is 25.8 Å². The molecule has 3 rings (SSSR count). The molecule has 32 heavy (non-hydrogen) atoms. The van der Waals surface area contributed by atoms with E-state index >= 15 is 0 Å². The smallest absolute Gasteiger partial charge is 0.342 e. The molecule has 2 aromatic carbocycles. The first-order valence-electron chi connectivity index (χ1n) is 9.59. The minimum atomic E-state index is -0.698. The maximum Gasteiger partial charge on any atom is 0.342 e. The molecule has 0 bridgehead atoms. The monoisotopic (exact) mass is 473 g/mol. The SMILES string of the molecule is CCOC(=O)c1c(-c2ccc(Cl)cc2)csc1NC(=O)COC(=O)c1ccccc1OC. The average molecular weight is 474 g/mol. The lowest BCUT2D eigenvalue weighted by molar-refractivity contribution is -0.119. The molecule has 0 unspecified atom stereocenters. The fourth-order valence-electron chi connectivity index (χ4n) is 2.88. The van der Waals surface area contributed by atoms with Crippen LogP contribution in [-0.4, -0.2) is 38.2 Å². The van der Waals surface area contributed by atoms with Crippen LogP contribution < -0.4 is 10.1 Å². The minimum Gasteiger partial charge on any atom is -0.496 e. The number of benzene rings is 2. The van der Waals surface area contributed by atoms with Gasteiger partial charge in [-0.2, -0.15) is 0 Å². The zero-order chi connectivity index (χ0) is 23.1. The molecule has 3 aromatic rings. The van der Waals surface area contributed by atoms with Gasteiger partial charge in [0.05, 0.1) is 13.7 Å². The molecule has 0 saturated heterocycles. The van der Waals surface area contributed by atoms with Gasteiger partial charge in [0.15, 0.2) is 6.61 Å².